The fourth-order valence-corrected chi connectivity index (χ4v) is 5.45. The van der Waals surface area contributed by atoms with E-state index in [1.165, 1.54) is 78.1 Å². The Kier molecular flexibility index (Phi) is 24.7. The van der Waals surface area contributed by atoms with E-state index in [2.05, 4.69) is 24.5 Å². The first-order valence-electron chi connectivity index (χ1n) is 16.9. The monoisotopic (exact) mass is 648 g/mol. The summed E-state index contributed by atoms with van der Waals surface area (Å²) in [5.74, 6) is -3.20. The molecule has 3 atom stereocenters. The number of hydrogen-bond acceptors (Lipinski definition) is 8. The maximum Gasteiger partial charge on any atom is 0.329 e. The van der Waals surface area contributed by atoms with Crippen LogP contribution in [0.3, 0.4) is 0 Å². The lowest BCUT2D eigenvalue weighted by Crippen LogP contribution is -2.42. The van der Waals surface area contributed by atoms with Gasteiger partial charge in [-0.25, -0.2) is 0 Å². The Morgan fingerprint density at radius 2 is 0.932 bits per heavy atom. The second-order valence-corrected chi connectivity index (χ2v) is 13.3. The predicted molar refractivity (Wildman–Crippen MR) is 171 cm³/mol. The molecule has 0 aliphatic rings. The zero-order chi connectivity index (χ0) is 33.2. The number of hydrogen-bond donors (Lipinski definition) is 3. The first kappa shape index (κ1) is 41.8. The molecule has 0 radical (unpaired) electrons. The van der Waals surface area contributed by atoms with Gasteiger partial charge < -0.3 is 20.1 Å². The smallest absolute Gasteiger partial charge is 0.329 e. The molecule has 0 saturated carbocycles. The van der Waals surface area contributed by atoms with E-state index < -0.39 is 46.2 Å². The van der Waals surface area contributed by atoms with Crippen LogP contribution >= 0.6 is 0 Å². The van der Waals surface area contributed by atoms with Crippen molar-refractivity contribution < 1.29 is 41.6 Å². The molecular weight excluding hydrogens is 588 g/mol. The predicted octanol–water partition coefficient (Wildman–Crippen LogP) is 6.49. The number of carbonyl (C=O) groups excluding carboxylic acids is 4. The lowest BCUT2D eigenvalue weighted by molar-refractivity contribution is -0.158. The normalized spacial score (nSPS) is 13.5. The van der Waals surface area contributed by atoms with E-state index in [1.807, 2.05) is 0 Å². The highest BCUT2D eigenvalue weighted by Crippen LogP contribution is 2.13. The number of rotatable bonds is 28. The standard InChI is InChI=1S/C32H60N2O9S/c1-5-7-9-11-13-15-17-19-21-23-29(35)33-26(3)42-31(37)25-28(44(39,40)41)32(38)43-27(4)34-30(36)24-22-20-18-16-14-12-10-8-6-2/h26-28H,5-25H2,1-4H3,(H,33,35)(H,34,36)(H,39,40,41). The molecule has 12 heteroatoms. The summed E-state index contributed by atoms with van der Waals surface area (Å²) < 4.78 is 43.2. The van der Waals surface area contributed by atoms with Gasteiger partial charge in [0, 0.05) is 12.8 Å². The van der Waals surface area contributed by atoms with Crippen molar-refractivity contribution in [3.05, 3.63) is 0 Å². The van der Waals surface area contributed by atoms with Crippen LogP contribution in [0.25, 0.3) is 0 Å². The maximum absolute atomic E-state index is 12.5. The van der Waals surface area contributed by atoms with Crippen LogP contribution in [0.15, 0.2) is 0 Å². The van der Waals surface area contributed by atoms with Crippen LogP contribution in [0.1, 0.15) is 163 Å². The summed E-state index contributed by atoms with van der Waals surface area (Å²) >= 11 is 0. The minimum atomic E-state index is -5.02. The lowest BCUT2D eigenvalue weighted by Gasteiger charge is -2.19. The van der Waals surface area contributed by atoms with Gasteiger partial charge in [-0.15, -0.1) is 0 Å². The minimum absolute atomic E-state index is 0.231. The Labute approximate surface area is 266 Å². The fraction of sp³-hybridized carbons (Fsp3) is 0.875. The number of unbranched alkanes of at least 4 members (excludes halogenated alkanes) is 16. The molecule has 258 valence electrons. The molecule has 0 bridgehead atoms. The van der Waals surface area contributed by atoms with E-state index in [9.17, 15) is 32.1 Å². The summed E-state index contributed by atoms with van der Waals surface area (Å²) in [5, 5.41) is 2.74. The molecular formula is C32H60N2O9S. The van der Waals surface area contributed by atoms with Gasteiger partial charge in [0.25, 0.3) is 10.1 Å². The molecule has 0 aromatic carbocycles. The summed E-state index contributed by atoms with van der Waals surface area (Å²) in [5.41, 5.74) is 0. The zero-order valence-electron chi connectivity index (χ0n) is 27.7. The topological polar surface area (TPSA) is 165 Å². The molecule has 0 rings (SSSR count). The Morgan fingerprint density at radius 1 is 0.591 bits per heavy atom. The van der Waals surface area contributed by atoms with Gasteiger partial charge in [0.15, 0.2) is 17.7 Å². The SMILES string of the molecule is CCCCCCCCCCCC(=O)NC(C)OC(=O)CC(C(=O)OC(C)NC(=O)CCCCCCCCCCC)S(=O)(=O)O. The van der Waals surface area contributed by atoms with Crippen molar-refractivity contribution in [3.8, 4) is 0 Å². The van der Waals surface area contributed by atoms with Gasteiger partial charge in [-0.1, -0.05) is 117 Å². The number of amides is 2. The molecule has 44 heavy (non-hydrogen) atoms. The lowest BCUT2D eigenvalue weighted by atomic mass is 10.1. The summed E-state index contributed by atoms with van der Waals surface area (Å²) in [6.07, 6.45) is 17.1. The van der Waals surface area contributed by atoms with Crippen molar-refractivity contribution in [2.24, 2.45) is 0 Å². The van der Waals surface area contributed by atoms with E-state index >= 15 is 0 Å². The summed E-state index contributed by atoms with van der Waals surface area (Å²) in [6, 6.07) is 0. The highest BCUT2D eigenvalue weighted by molar-refractivity contribution is 7.87. The van der Waals surface area contributed by atoms with Crippen molar-refractivity contribution in [1.82, 2.24) is 10.6 Å². The van der Waals surface area contributed by atoms with Crippen LogP contribution in [-0.4, -0.2) is 54.4 Å². The molecule has 0 aromatic rings. The molecule has 2 amide bonds. The third-order valence-electron chi connectivity index (χ3n) is 7.32. The van der Waals surface area contributed by atoms with E-state index in [0.29, 0.717) is 12.8 Å². The molecule has 3 unspecified atom stereocenters. The molecule has 0 fully saturated rings. The molecule has 0 spiro atoms. The second-order valence-electron chi connectivity index (χ2n) is 11.7. The molecule has 3 N–H and O–H groups in total. The van der Waals surface area contributed by atoms with Crippen LogP contribution < -0.4 is 10.6 Å². The minimum Gasteiger partial charge on any atom is -0.442 e. The van der Waals surface area contributed by atoms with Gasteiger partial charge in [0.2, 0.25) is 11.8 Å². The number of carbonyl (C=O) groups is 4. The van der Waals surface area contributed by atoms with Crippen LogP contribution in [0.2, 0.25) is 0 Å². The summed E-state index contributed by atoms with van der Waals surface area (Å²) in [7, 11) is -5.02. The summed E-state index contributed by atoms with van der Waals surface area (Å²) in [4.78, 5) is 49.1. The third-order valence-corrected chi connectivity index (χ3v) is 8.40. The molecule has 0 heterocycles. The average molecular weight is 649 g/mol. The van der Waals surface area contributed by atoms with E-state index in [1.54, 1.807) is 0 Å². The van der Waals surface area contributed by atoms with Crippen LogP contribution in [0.5, 0.6) is 0 Å². The Bertz CT molecular complexity index is 911. The first-order chi connectivity index (χ1) is 20.9. The second kappa shape index (κ2) is 26.1. The number of nitrogens with one attached hydrogen (secondary N) is 2. The Hall–Kier alpha value is -2.21. The fourth-order valence-electron chi connectivity index (χ4n) is 4.81. The van der Waals surface area contributed by atoms with Gasteiger partial charge in [-0.05, 0) is 26.7 Å². The molecule has 0 saturated heterocycles. The number of esters is 2. The van der Waals surface area contributed by atoms with Crippen LogP contribution in [-0.2, 0) is 38.8 Å². The average Bonchev–Trinajstić information content (AvgIpc) is 2.93. The van der Waals surface area contributed by atoms with E-state index in [0.717, 1.165) is 38.5 Å². The number of ether oxygens (including phenoxy) is 2. The van der Waals surface area contributed by atoms with Gasteiger partial charge in [-0.3, -0.25) is 23.7 Å². The molecule has 0 aliphatic heterocycles. The van der Waals surface area contributed by atoms with E-state index in [4.69, 9.17) is 9.47 Å². The van der Waals surface area contributed by atoms with Gasteiger partial charge in [0.05, 0.1) is 6.42 Å². The maximum atomic E-state index is 12.5. The molecule has 11 nitrogen and oxygen atoms in total. The molecule has 0 aliphatic carbocycles. The third kappa shape index (κ3) is 24.2. The van der Waals surface area contributed by atoms with Crippen molar-refractivity contribution in [2.45, 2.75) is 180 Å². The van der Waals surface area contributed by atoms with Crippen LogP contribution in [0.4, 0.5) is 0 Å². The van der Waals surface area contributed by atoms with Crippen molar-refractivity contribution in [2.75, 3.05) is 0 Å². The van der Waals surface area contributed by atoms with E-state index in [-0.39, 0.29) is 24.7 Å². The highest BCUT2D eigenvalue weighted by atomic mass is 32.2. The van der Waals surface area contributed by atoms with Crippen molar-refractivity contribution in [3.63, 3.8) is 0 Å². The molecule has 0 aromatic heterocycles. The summed E-state index contributed by atoms with van der Waals surface area (Å²) in [6.45, 7) is 7.11. The zero-order valence-corrected chi connectivity index (χ0v) is 28.5. The van der Waals surface area contributed by atoms with Crippen molar-refractivity contribution in [1.29, 1.82) is 0 Å². The van der Waals surface area contributed by atoms with Gasteiger partial charge >= 0.3 is 11.9 Å². The van der Waals surface area contributed by atoms with Crippen molar-refractivity contribution >= 4 is 33.9 Å². The highest BCUT2D eigenvalue weighted by Gasteiger charge is 2.37. The van der Waals surface area contributed by atoms with Gasteiger partial charge in [-0.2, -0.15) is 8.42 Å². The van der Waals surface area contributed by atoms with Gasteiger partial charge in [0.1, 0.15) is 0 Å². The Balaban J connectivity index is 4.37. The Morgan fingerprint density at radius 3 is 1.30 bits per heavy atom. The quantitative estimate of drug-likeness (QED) is 0.0372. The first-order valence-corrected chi connectivity index (χ1v) is 18.4. The van der Waals surface area contributed by atoms with Crippen LogP contribution in [0, 0.1) is 0 Å². The largest absolute Gasteiger partial charge is 0.442 e.